The van der Waals surface area contributed by atoms with Crippen molar-refractivity contribution in [2.75, 3.05) is 11.9 Å². The highest BCUT2D eigenvalue weighted by Gasteiger charge is 2.11. The normalized spacial score (nSPS) is 11.0. The predicted molar refractivity (Wildman–Crippen MR) is 92.6 cm³/mol. The molecule has 132 valence electrons. The summed E-state index contributed by atoms with van der Waals surface area (Å²) in [5.74, 6) is -1.15. The van der Waals surface area contributed by atoms with Gasteiger partial charge in [0.25, 0.3) is 5.91 Å². The van der Waals surface area contributed by atoms with E-state index in [9.17, 15) is 18.0 Å². The average Bonchev–Trinajstić information content (AvgIpc) is 2.55. The Morgan fingerprint density at radius 3 is 2.32 bits per heavy atom. The molecule has 0 saturated carbocycles. The van der Waals surface area contributed by atoms with Gasteiger partial charge in [-0.1, -0.05) is 29.8 Å². The number of hydrogen-bond donors (Lipinski definition) is 2. The van der Waals surface area contributed by atoms with Crippen LogP contribution in [0, 0.1) is 0 Å². The van der Waals surface area contributed by atoms with Gasteiger partial charge < -0.3 is 10.1 Å². The van der Waals surface area contributed by atoms with Gasteiger partial charge >= 0.3 is 5.97 Å². The van der Waals surface area contributed by atoms with Crippen LogP contribution >= 0.6 is 11.6 Å². The van der Waals surface area contributed by atoms with Crippen molar-refractivity contribution in [2.45, 2.75) is 11.3 Å². The highest BCUT2D eigenvalue weighted by Crippen LogP contribution is 2.16. The summed E-state index contributed by atoms with van der Waals surface area (Å²) in [4.78, 5) is 23.4. The van der Waals surface area contributed by atoms with Gasteiger partial charge in [0.1, 0.15) is 0 Å². The predicted octanol–water partition coefficient (Wildman–Crippen LogP) is 1.71. The number of nitrogens with one attached hydrogen (secondary N) is 1. The first-order chi connectivity index (χ1) is 11.8. The van der Waals surface area contributed by atoms with E-state index in [0.29, 0.717) is 16.3 Å². The second kappa shape index (κ2) is 8.11. The molecule has 0 spiro atoms. The number of anilines is 1. The second-order valence-corrected chi connectivity index (χ2v) is 7.02. The van der Waals surface area contributed by atoms with Crippen LogP contribution in [0.15, 0.2) is 53.4 Å². The van der Waals surface area contributed by atoms with Crippen molar-refractivity contribution in [3.8, 4) is 0 Å². The van der Waals surface area contributed by atoms with Crippen molar-refractivity contribution in [3.63, 3.8) is 0 Å². The number of nitrogens with two attached hydrogens (primary N) is 1. The quantitative estimate of drug-likeness (QED) is 0.738. The first kappa shape index (κ1) is 18.9. The first-order valence-corrected chi connectivity index (χ1v) is 9.00. The van der Waals surface area contributed by atoms with Gasteiger partial charge in [0.05, 0.1) is 11.3 Å². The summed E-state index contributed by atoms with van der Waals surface area (Å²) < 4.78 is 27.2. The van der Waals surface area contributed by atoms with Crippen LogP contribution in [-0.2, 0) is 30.8 Å². The molecule has 2 rings (SSSR count). The van der Waals surface area contributed by atoms with Crippen LogP contribution in [0.5, 0.6) is 0 Å². The van der Waals surface area contributed by atoms with Gasteiger partial charge in [0.15, 0.2) is 6.61 Å². The highest BCUT2D eigenvalue weighted by atomic mass is 35.5. The fraction of sp³-hybridized carbons (Fsp3) is 0.125. The third-order valence-electron chi connectivity index (χ3n) is 3.12. The SMILES string of the molecule is NS(=O)(=O)c1ccc(NC(=O)COC(=O)Cc2ccccc2Cl)cc1. The van der Waals surface area contributed by atoms with Crippen molar-refractivity contribution >= 4 is 39.2 Å². The Labute approximate surface area is 149 Å². The molecule has 0 aromatic heterocycles. The standard InChI is InChI=1S/C16H15ClN2O5S/c17-14-4-2-1-3-11(14)9-16(21)24-10-15(20)19-12-5-7-13(8-6-12)25(18,22)23/h1-8H,9-10H2,(H,19,20)(H2,18,22,23). The lowest BCUT2D eigenvalue weighted by Gasteiger charge is -2.08. The molecule has 3 N–H and O–H groups in total. The van der Waals surface area contributed by atoms with Gasteiger partial charge in [0.2, 0.25) is 10.0 Å². The zero-order chi connectivity index (χ0) is 18.4. The third kappa shape index (κ3) is 5.86. The van der Waals surface area contributed by atoms with Crippen LogP contribution in [0.25, 0.3) is 0 Å². The van der Waals surface area contributed by atoms with E-state index in [1.54, 1.807) is 24.3 Å². The maximum absolute atomic E-state index is 11.8. The van der Waals surface area contributed by atoms with Crippen molar-refractivity contribution in [1.82, 2.24) is 0 Å². The minimum Gasteiger partial charge on any atom is -0.455 e. The van der Waals surface area contributed by atoms with Gasteiger partial charge in [-0.05, 0) is 35.9 Å². The molecule has 7 nitrogen and oxygen atoms in total. The van der Waals surface area contributed by atoms with Gasteiger partial charge in [0, 0.05) is 10.7 Å². The molecule has 0 heterocycles. The first-order valence-electron chi connectivity index (χ1n) is 7.07. The number of sulfonamides is 1. The number of rotatable bonds is 6. The number of hydrogen-bond acceptors (Lipinski definition) is 5. The Kier molecular flexibility index (Phi) is 6.13. The number of amides is 1. The largest absolute Gasteiger partial charge is 0.455 e. The lowest BCUT2D eigenvalue weighted by molar-refractivity contribution is -0.146. The van der Waals surface area contributed by atoms with Gasteiger partial charge in [-0.25, -0.2) is 13.6 Å². The number of carbonyl (C=O) groups is 2. The summed E-state index contributed by atoms with van der Waals surface area (Å²) in [6.07, 6.45) is -0.0456. The Balaban J connectivity index is 1.84. The molecular formula is C16H15ClN2O5S. The van der Waals surface area contributed by atoms with Crippen molar-refractivity contribution in [1.29, 1.82) is 0 Å². The van der Waals surface area contributed by atoms with Crippen LogP contribution in [-0.4, -0.2) is 26.9 Å². The molecule has 9 heteroatoms. The van der Waals surface area contributed by atoms with Crippen LogP contribution < -0.4 is 10.5 Å². The van der Waals surface area contributed by atoms with Crippen LogP contribution in [0.2, 0.25) is 5.02 Å². The maximum atomic E-state index is 11.8. The lowest BCUT2D eigenvalue weighted by atomic mass is 10.1. The number of primary sulfonamides is 1. The number of carbonyl (C=O) groups excluding carboxylic acids is 2. The van der Waals surface area contributed by atoms with Gasteiger partial charge in [-0.2, -0.15) is 0 Å². The molecule has 2 aromatic carbocycles. The summed E-state index contributed by atoms with van der Waals surface area (Å²) in [6, 6.07) is 12.1. The van der Waals surface area contributed by atoms with Crippen molar-refractivity contribution in [2.24, 2.45) is 5.14 Å². The number of halogens is 1. The molecule has 2 aromatic rings. The molecule has 0 aliphatic rings. The van der Waals surface area contributed by atoms with Gasteiger partial charge in [-0.3, -0.25) is 9.59 Å². The summed E-state index contributed by atoms with van der Waals surface area (Å²) in [6.45, 7) is -0.472. The van der Waals surface area contributed by atoms with Crippen LogP contribution in [0.3, 0.4) is 0 Å². The summed E-state index contributed by atoms with van der Waals surface area (Å²) in [5, 5.41) is 7.90. The molecule has 0 unspecified atom stereocenters. The molecule has 0 aliphatic heterocycles. The molecule has 0 radical (unpaired) electrons. The van der Waals surface area contributed by atoms with E-state index in [4.69, 9.17) is 21.5 Å². The highest BCUT2D eigenvalue weighted by molar-refractivity contribution is 7.89. The lowest BCUT2D eigenvalue weighted by Crippen LogP contribution is -2.21. The third-order valence-corrected chi connectivity index (χ3v) is 4.42. The fourth-order valence-corrected chi connectivity index (χ4v) is 2.64. The zero-order valence-corrected chi connectivity index (χ0v) is 14.5. The summed E-state index contributed by atoms with van der Waals surface area (Å²) >= 11 is 5.94. The number of ether oxygens (including phenoxy) is 1. The van der Waals surface area contributed by atoms with Crippen molar-refractivity contribution < 1.29 is 22.7 Å². The van der Waals surface area contributed by atoms with E-state index in [-0.39, 0.29) is 11.3 Å². The Morgan fingerprint density at radius 2 is 1.72 bits per heavy atom. The number of benzene rings is 2. The second-order valence-electron chi connectivity index (χ2n) is 5.05. The zero-order valence-electron chi connectivity index (χ0n) is 12.9. The maximum Gasteiger partial charge on any atom is 0.310 e. The number of esters is 1. The molecule has 0 saturated heterocycles. The minimum absolute atomic E-state index is 0.0456. The average molecular weight is 383 g/mol. The Hall–Kier alpha value is -2.42. The molecule has 0 bridgehead atoms. The molecule has 0 fully saturated rings. The van der Waals surface area contributed by atoms with E-state index in [2.05, 4.69) is 5.32 Å². The smallest absolute Gasteiger partial charge is 0.310 e. The molecule has 25 heavy (non-hydrogen) atoms. The monoisotopic (exact) mass is 382 g/mol. The summed E-state index contributed by atoms with van der Waals surface area (Å²) in [7, 11) is -3.80. The van der Waals surface area contributed by atoms with E-state index in [1.165, 1.54) is 24.3 Å². The van der Waals surface area contributed by atoms with Crippen LogP contribution in [0.1, 0.15) is 5.56 Å². The van der Waals surface area contributed by atoms with E-state index < -0.39 is 28.5 Å². The van der Waals surface area contributed by atoms with E-state index >= 15 is 0 Å². The molecular weight excluding hydrogens is 368 g/mol. The van der Waals surface area contributed by atoms with E-state index in [0.717, 1.165) is 0 Å². The molecule has 0 atom stereocenters. The summed E-state index contributed by atoms with van der Waals surface area (Å²) in [5.41, 5.74) is 0.952. The minimum atomic E-state index is -3.80. The van der Waals surface area contributed by atoms with Crippen LogP contribution in [0.4, 0.5) is 5.69 Å². The topological polar surface area (TPSA) is 116 Å². The molecule has 0 aliphatic carbocycles. The Bertz CT molecular complexity index is 882. The fourth-order valence-electron chi connectivity index (χ4n) is 1.92. The van der Waals surface area contributed by atoms with Crippen molar-refractivity contribution in [3.05, 3.63) is 59.1 Å². The Morgan fingerprint density at radius 1 is 1.08 bits per heavy atom. The molecule has 1 amide bonds. The van der Waals surface area contributed by atoms with Gasteiger partial charge in [-0.15, -0.1) is 0 Å². The van der Waals surface area contributed by atoms with E-state index in [1.807, 2.05) is 0 Å².